The second kappa shape index (κ2) is 19.4. The van der Waals surface area contributed by atoms with Crippen molar-refractivity contribution in [1.82, 2.24) is 29.7 Å². The van der Waals surface area contributed by atoms with Crippen LogP contribution in [0.5, 0.6) is 0 Å². The lowest BCUT2D eigenvalue weighted by Gasteiger charge is -2.37. The van der Waals surface area contributed by atoms with Gasteiger partial charge in [-0.15, -0.1) is 0 Å². The van der Waals surface area contributed by atoms with Crippen LogP contribution in [0, 0.1) is 23.7 Å². The molecule has 2 aliphatic rings. The highest BCUT2D eigenvalue weighted by Crippen LogP contribution is 2.38. The van der Waals surface area contributed by atoms with Crippen LogP contribution in [0.2, 0.25) is 18.1 Å². The highest BCUT2D eigenvalue weighted by atomic mass is 28.4. The summed E-state index contributed by atoms with van der Waals surface area (Å²) in [5.41, 5.74) is 9.82. The number of aliphatic hydroxyl groups is 3. The summed E-state index contributed by atoms with van der Waals surface area (Å²) in [5, 5.41) is 32.3. The van der Waals surface area contributed by atoms with Crippen molar-refractivity contribution in [3.8, 4) is 23.7 Å². The second-order valence-electron chi connectivity index (χ2n) is 14.5. The van der Waals surface area contributed by atoms with Crippen LogP contribution in [0.4, 0.5) is 38.0 Å². The highest BCUT2D eigenvalue weighted by Gasteiger charge is 2.42. The van der Waals surface area contributed by atoms with Crippen LogP contribution in [-0.2, 0) is 23.5 Å². The summed E-state index contributed by atoms with van der Waals surface area (Å²) >= 11 is 0. The van der Waals surface area contributed by atoms with Crippen molar-refractivity contribution in [2.24, 2.45) is 0 Å². The van der Waals surface area contributed by atoms with Crippen LogP contribution >= 0.6 is 0 Å². The quantitative estimate of drug-likeness (QED) is 0.105. The zero-order chi connectivity index (χ0) is 44.7. The number of carbonyl (C=O) groups is 2. The number of hydrogen-bond donors (Lipinski definition) is 7. The molecule has 326 valence electrons. The van der Waals surface area contributed by atoms with E-state index in [4.69, 9.17) is 30.5 Å². The van der Waals surface area contributed by atoms with Gasteiger partial charge in [-0.25, -0.2) is 9.59 Å². The van der Waals surface area contributed by atoms with Crippen LogP contribution in [0.15, 0.2) is 22.0 Å². The predicted molar refractivity (Wildman–Crippen MR) is 197 cm³/mol. The van der Waals surface area contributed by atoms with Gasteiger partial charge in [0, 0.05) is 25.2 Å². The van der Waals surface area contributed by atoms with Crippen molar-refractivity contribution in [3.05, 3.63) is 44.5 Å². The number of carbonyl (C=O) groups excluding carboxylic acids is 2. The smallest absolute Gasteiger partial charge is 0.414 e. The molecule has 4 heterocycles. The van der Waals surface area contributed by atoms with Crippen LogP contribution in [0.25, 0.3) is 0 Å². The SMILES string of the molecule is CC(C)(C)[Si](C)(C)OCC1OC(n2cc(C#CCNC(=O)C(F)(F)F)c(N)nc2=O)CC1O.Nc1nc(=O)n(C2CC(O)C(CO)O2)cc1C#CCNC(=O)C(F)(F)F. The topological polar surface area (TPSA) is 268 Å². The number of nitrogens with one attached hydrogen (secondary N) is 2. The summed E-state index contributed by atoms with van der Waals surface area (Å²) in [4.78, 5) is 52.9. The second-order valence-corrected chi connectivity index (χ2v) is 19.4. The van der Waals surface area contributed by atoms with Gasteiger partial charge in [-0.1, -0.05) is 44.5 Å². The van der Waals surface area contributed by atoms with Gasteiger partial charge in [-0.3, -0.25) is 18.7 Å². The van der Waals surface area contributed by atoms with Gasteiger partial charge in [-0.05, 0) is 18.1 Å². The first-order valence-electron chi connectivity index (χ1n) is 17.5. The normalized spacial score (nSPS) is 21.9. The first-order chi connectivity index (χ1) is 27.2. The standard InChI is InChI=1S/C20H29F3N4O5Si.C14H15F3N4O5/c1-19(2,3)33(4,5)31-11-14-13(28)9-15(32-14)27-10-12(16(24)26-18(27)30)7-6-8-25-17(29)20(21,22)23;15-14(16,17)12(24)19-3-1-2-7-5-21(13(25)20-11(7)18)10-4-8(23)9(6-22)26-10/h10,13-15,28H,8-9,11H2,1-5H3,(H,25,29)(H2,24,26,30);5,8-10,22-23H,3-4,6H2,(H,19,24)(H2,18,20,25). The molecule has 0 radical (unpaired) electrons. The Bertz CT molecular complexity index is 2090. The number of aromatic nitrogens is 4. The van der Waals surface area contributed by atoms with Gasteiger partial charge >= 0.3 is 35.5 Å². The third-order valence-electron chi connectivity index (χ3n) is 9.22. The summed E-state index contributed by atoms with van der Waals surface area (Å²) in [6, 6.07) is 0. The fraction of sp³-hybridized carbons (Fsp3) is 0.588. The molecule has 2 aliphatic heterocycles. The van der Waals surface area contributed by atoms with Crippen molar-refractivity contribution in [1.29, 1.82) is 0 Å². The molecule has 6 unspecified atom stereocenters. The molecule has 6 atom stereocenters. The summed E-state index contributed by atoms with van der Waals surface area (Å²) in [7, 11) is -2.08. The Morgan fingerprint density at radius 1 is 0.831 bits per heavy atom. The van der Waals surface area contributed by atoms with Crippen LogP contribution in [-0.4, -0.2) is 118 Å². The minimum atomic E-state index is -5.01. The zero-order valence-electron chi connectivity index (χ0n) is 32.3. The average Bonchev–Trinajstić information content (AvgIpc) is 3.68. The molecular formula is C34H44F6N8O10Si. The monoisotopic (exact) mass is 866 g/mol. The molecule has 25 heteroatoms. The van der Waals surface area contributed by atoms with Gasteiger partial charge in [0.15, 0.2) is 8.32 Å². The van der Waals surface area contributed by atoms with Crippen molar-refractivity contribution >= 4 is 31.8 Å². The fourth-order valence-electron chi connectivity index (χ4n) is 4.89. The van der Waals surface area contributed by atoms with E-state index in [-0.39, 0.29) is 47.2 Å². The minimum Gasteiger partial charge on any atom is -0.414 e. The van der Waals surface area contributed by atoms with E-state index in [2.05, 4.69) is 67.5 Å². The molecule has 2 aromatic heterocycles. The van der Waals surface area contributed by atoms with Crippen LogP contribution < -0.4 is 33.5 Å². The number of anilines is 2. The molecule has 4 rings (SSSR count). The Morgan fingerprint density at radius 2 is 1.22 bits per heavy atom. The lowest BCUT2D eigenvalue weighted by Crippen LogP contribution is -2.43. The molecule has 0 bridgehead atoms. The van der Waals surface area contributed by atoms with Crippen molar-refractivity contribution in [2.75, 3.05) is 37.8 Å². The number of nitrogens with zero attached hydrogens (tertiary/aromatic N) is 4. The molecule has 18 nitrogen and oxygen atoms in total. The first kappa shape index (κ1) is 48.3. The number of alkyl halides is 6. The summed E-state index contributed by atoms with van der Waals surface area (Å²) in [6.07, 6.45) is -12.6. The third-order valence-corrected chi connectivity index (χ3v) is 13.7. The molecule has 2 amide bonds. The van der Waals surface area contributed by atoms with Crippen LogP contribution in [0.3, 0.4) is 0 Å². The minimum absolute atomic E-state index is 0.0191. The molecule has 2 aromatic rings. The molecular weight excluding hydrogens is 822 g/mol. The van der Waals surface area contributed by atoms with Gasteiger partial charge < -0.3 is 51.3 Å². The maximum atomic E-state index is 12.3. The largest absolute Gasteiger partial charge is 0.471 e. The molecule has 2 saturated heterocycles. The lowest BCUT2D eigenvalue weighted by molar-refractivity contribution is -0.173. The Balaban J connectivity index is 0.000000324. The number of nitrogen functional groups attached to an aromatic ring is 2. The van der Waals surface area contributed by atoms with Crippen LogP contribution in [0.1, 0.15) is 57.2 Å². The predicted octanol–water partition coefficient (Wildman–Crippen LogP) is 0.0219. The van der Waals surface area contributed by atoms with E-state index in [1.54, 1.807) is 10.6 Å². The van der Waals surface area contributed by atoms with Gasteiger partial charge in [0.2, 0.25) is 0 Å². The molecule has 0 saturated carbocycles. The van der Waals surface area contributed by atoms with E-state index in [1.807, 2.05) is 0 Å². The molecule has 9 N–H and O–H groups in total. The number of ether oxygens (including phenoxy) is 2. The molecule has 0 spiro atoms. The van der Waals surface area contributed by atoms with E-state index in [9.17, 15) is 55.7 Å². The Morgan fingerprint density at radius 3 is 1.58 bits per heavy atom. The maximum absolute atomic E-state index is 12.3. The summed E-state index contributed by atoms with van der Waals surface area (Å²) in [5.74, 6) is 4.75. The Labute approximate surface area is 333 Å². The number of aliphatic hydroxyl groups excluding tert-OH is 3. The van der Waals surface area contributed by atoms with E-state index in [1.165, 1.54) is 12.4 Å². The van der Waals surface area contributed by atoms with Gasteiger partial charge in [0.1, 0.15) is 36.3 Å². The molecule has 0 aromatic carbocycles. The highest BCUT2D eigenvalue weighted by molar-refractivity contribution is 6.74. The van der Waals surface area contributed by atoms with Crippen molar-refractivity contribution in [2.45, 2.75) is 101 Å². The Hall–Kier alpha value is -5.02. The lowest BCUT2D eigenvalue weighted by atomic mass is 10.2. The number of hydrogen-bond acceptors (Lipinski definition) is 14. The molecule has 0 aliphatic carbocycles. The summed E-state index contributed by atoms with van der Waals surface area (Å²) in [6.45, 7) is 8.95. The number of amides is 2. The first-order valence-corrected chi connectivity index (χ1v) is 20.4. The summed E-state index contributed by atoms with van der Waals surface area (Å²) < 4.78 is 92.2. The average molecular weight is 867 g/mol. The number of rotatable bonds is 8. The zero-order valence-corrected chi connectivity index (χ0v) is 33.3. The third kappa shape index (κ3) is 13.2. The van der Waals surface area contributed by atoms with E-state index in [0.717, 1.165) is 9.13 Å². The fourth-order valence-corrected chi connectivity index (χ4v) is 5.90. The van der Waals surface area contributed by atoms with Gasteiger partial charge in [0.05, 0.1) is 49.6 Å². The number of nitrogens with two attached hydrogens (primary N) is 2. The van der Waals surface area contributed by atoms with Crippen molar-refractivity contribution < 1.29 is 65.2 Å². The Kier molecular flexibility index (Phi) is 15.9. The van der Waals surface area contributed by atoms with Gasteiger partial charge in [-0.2, -0.15) is 36.3 Å². The van der Waals surface area contributed by atoms with Crippen molar-refractivity contribution in [3.63, 3.8) is 0 Å². The maximum Gasteiger partial charge on any atom is 0.471 e. The van der Waals surface area contributed by atoms with E-state index >= 15 is 0 Å². The van der Waals surface area contributed by atoms with E-state index < -0.39 is 100 Å². The van der Waals surface area contributed by atoms with Gasteiger partial charge in [0.25, 0.3) is 0 Å². The van der Waals surface area contributed by atoms with E-state index in [0.29, 0.717) is 0 Å². The number of halogens is 6. The molecule has 59 heavy (non-hydrogen) atoms. The molecule has 2 fully saturated rings.